The zero-order chi connectivity index (χ0) is 22.1. The van der Waals surface area contributed by atoms with Gasteiger partial charge in [0, 0.05) is 29.8 Å². The molecule has 0 fully saturated rings. The quantitative estimate of drug-likeness (QED) is 0.501. The summed E-state index contributed by atoms with van der Waals surface area (Å²) in [6.45, 7) is 0.535. The number of nitrogens with one attached hydrogen (secondary N) is 2. The zero-order valence-electron chi connectivity index (χ0n) is 17.7. The number of anilines is 2. The molecular weight excluding hydrogens is 394 g/mol. The van der Waals surface area contributed by atoms with Crippen LogP contribution in [0.5, 0.6) is 17.2 Å². The SMILES string of the molecule is COc1ccc(CNc2ccc(NC(=O)/C=C/c3ccccc3OC)cn2)c(OC)c1. The van der Waals surface area contributed by atoms with Crippen LogP contribution in [0.25, 0.3) is 6.08 Å². The number of ether oxygens (including phenoxy) is 3. The van der Waals surface area contributed by atoms with Gasteiger partial charge in [-0.2, -0.15) is 0 Å². The van der Waals surface area contributed by atoms with E-state index in [1.54, 1.807) is 45.7 Å². The average molecular weight is 419 g/mol. The lowest BCUT2D eigenvalue weighted by Crippen LogP contribution is -2.08. The molecule has 0 spiro atoms. The van der Waals surface area contributed by atoms with Crippen LogP contribution < -0.4 is 24.8 Å². The minimum absolute atomic E-state index is 0.253. The lowest BCUT2D eigenvalue weighted by Gasteiger charge is -2.12. The Morgan fingerprint density at radius 2 is 1.77 bits per heavy atom. The largest absolute Gasteiger partial charge is 0.497 e. The first-order chi connectivity index (χ1) is 15.1. The molecule has 31 heavy (non-hydrogen) atoms. The molecule has 0 atom stereocenters. The van der Waals surface area contributed by atoms with Crippen molar-refractivity contribution in [3.8, 4) is 17.2 Å². The van der Waals surface area contributed by atoms with Crippen molar-refractivity contribution in [2.45, 2.75) is 6.54 Å². The topological polar surface area (TPSA) is 81.7 Å². The Hall–Kier alpha value is -4.00. The normalized spacial score (nSPS) is 10.5. The van der Waals surface area contributed by atoms with E-state index in [2.05, 4.69) is 15.6 Å². The fraction of sp³-hybridized carbons (Fsp3) is 0.167. The fourth-order valence-corrected chi connectivity index (χ4v) is 2.91. The summed E-state index contributed by atoms with van der Waals surface area (Å²) in [5.74, 6) is 2.60. The number of aromatic nitrogens is 1. The van der Waals surface area contributed by atoms with E-state index in [-0.39, 0.29) is 5.91 Å². The number of benzene rings is 2. The molecule has 160 valence electrons. The number of rotatable bonds is 9. The van der Waals surface area contributed by atoms with Crippen LogP contribution in [0.1, 0.15) is 11.1 Å². The van der Waals surface area contributed by atoms with E-state index < -0.39 is 0 Å². The molecule has 3 aromatic rings. The number of methoxy groups -OCH3 is 3. The molecule has 0 aliphatic carbocycles. The van der Waals surface area contributed by atoms with Crippen LogP contribution in [0.3, 0.4) is 0 Å². The summed E-state index contributed by atoms with van der Waals surface area (Å²) in [4.78, 5) is 16.5. The van der Waals surface area contributed by atoms with E-state index in [1.807, 2.05) is 42.5 Å². The molecule has 0 radical (unpaired) electrons. The van der Waals surface area contributed by atoms with E-state index in [0.717, 1.165) is 22.6 Å². The molecule has 7 nitrogen and oxygen atoms in total. The Bertz CT molecular complexity index is 1050. The van der Waals surface area contributed by atoms with E-state index >= 15 is 0 Å². The average Bonchev–Trinajstić information content (AvgIpc) is 2.82. The van der Waals surface area contributed by atoms with Crippen molar-refractivity contribution >= 4 is 23.5 Å². The van der Waals surface area contributed by atoms with Crippen molar-refractivity contribution < 1.29 is 19.0 Å². The fourth-order valence-electron chi connectivity index (χ4n) is 2.91. The molecule has 1 amide bonds. The molecule has 2 aromatic carbocycles. The van der Waals surface area contributed by atoms with Crippen molar-refractivity contribution in [3.63, 3.8) is 0 Å². The summed E-state index contributed by atoms with van der Waals surface area (Å²) in [5.41, 5.74) is 2.40. The van der Waals surface area contributed by atoms with Crippen LogP contribution in [-0.4, -0.2) is 32.2 Å². The number of carbonyl (C=O) groups is 1. The Kier molecular flexibility index (Phi) is 7.48. The van der Waals surface area contributed by atoms with E-state index in [4.69, 9.17) is 14.2 Å². The summed E-state index contributed by atoms with van der Waals surface area (Å²) in [5, 5.41) is 6.03. The van der Waals surface area contributed by atoms with E-state index in [1.165, 1.54) is 6.08 Å². The first kappa shape index (κ1) is 21.7. The molecule has 3 rings (SSSR count). The Morgan fingerprint density at radius 3 is 2.48 bits per heavy atom. The predicted molar refractivity (Wildman–Crippen MR) is 122 cm³/mol. The third kappa shape index (κ3) is 5.99. The summed E-state index contributed by atoms with van der Waals surface area (Å²) < 4.78 is 15.9. The highest BCUT2D eigenvalue weighted by atomic mass is 16.5. The van der Waals surface area contributed by atoms with Crippen LogP contribution in [-0.2, 0) is 11.3 Å². The van der Waals surface area contributed by atoms with Gasteiger partial charge in [0.15, 0.2) is 0 Å². The number of pyridine rings is 1. The van der Waals surface area contributed by atoms with Crippen LogP contribution >= 0.6 is 0 Å². The molecule has 0 saturated carbocycles. The standard InChI is InChI=1S/C24H25N3O4/c1-29-20-11-8-18(22(14-20)31-3)15-25-23-12-10-19(16-26-23)27-24(28)13-9-17-6-4-5-7-21(17)30-2/h4-14,16H,15H2,1-3H3,(H,25,26)(H,27,28)/b13-9+. The second kappa shape index (κ2) is 10.7. The van der Waals surface area contributed by atoms with E-state index in [0.29, 0.717) is 23.8 Å². The van der Waals surface area contributed by atoms with Gasteiger partial charge in [0.05, 0.1) is 33.2 Å². The molecule has 1 aromatic heterocycles. The summed E-state index contributed by atoms with van der Waals surface area (Å²) in [6, 6.07) is 16.7. The zero-order valence-corrected chi connectivity index (χ0v) is 17.7. The molecule has 2 N–H and O–H groups in total. The number of amides is 1. The van der Waals surface area contributed by atoms with Gasteiger partial charge in [-0.1, -0.05) is 18.2 Å². The van der Waals surface area contributed by atoms with Crippen LogP contribution in [0.2, 0.25) is 0 Å². The molecule has 0 aliphatic heterocycles. The van der Waals surface area contributed by atoms with Crippen molar-refractivity contribution in [2.24, 2.45) is 0 Å². The highest BCUT2D eigenvalue weighted by Crippen LogP contribution is 2.25. The van der Waals surface area contributed by atoms with Gasteiger partial charge in [0.25, 0.3) is 0 Å². The molecule has 0 aliphatic rings. The summed E-state index contributed by atoms with van der Waals surface area (Å²) in [6.07, 6.45) is 4.77. The monoisotopic (exact) mass is 419 g/mol. The summed E-state index contributed by atoms with van der Waals surface area (Å²) >= 11 is 0. The maximum absolute atomic E-state index is 12.2. The van der Waals surface area contributed by atoms with Crippen molar-refractivity contribution in [3.05, 3.63) is 78.0 Å². The van der Waals surface area contributed by atoms with Gasteiger partial charge in [-0.25, -0.2) is 4.98 Å². The number of hydrogen-bond acceptors (Lipinski definition) is 6. The first-order valence-corrected chi connectivity index (χ1v) is 9.66. The molecule has 1 heterocycles. The van der Waals surface area contributed by atoms with Gasteiger partial charge in [0.1, 0.15) is 23.1 Å². The molecule has 0 saturated heterocycles. The minimum atomic E-state index is -0.253. The third-order valence-electron chi connectivity index (χ3n) is 4.54. The van der Waals surface area contributed by atoms with Gasteiger partial charge in [0.2, 0.25) is 5.91 Å². The van der Waals surface area contributed by atoms with Crippen LogP contribution in [0.15, 0.2) is 66.9 Å². The van der Waals surface area contributed by atoms with Gasteiger partial charge >= 0.3 is 0 Å². The second-order valence-corrected chi connectivity index (χ2v) is 6.53. The Labute approximate surface area is 181 Å². The summed E-state index contributed by atoms with van der Waals surface area (Å²) in [7, 11) is 4.83. The lowest BCUT2D eigenvalue weighted by molar-refractivity contribution is -0.111. The van der Waals surface area contributed by atoms with Crippen molar-refractivity contribution in [2.75, 3.05) is 32.0 Å². The minimum Gasteiger partial charge on any atom is -0.497 e. The smallest absolute Gasteiger partial charge is 0.248 e. The number of carbonyl (C=O) groups excluding carboxylic acids is 1. The van der Waals surface area contributed by atoms with Crippen LogP contribution in [0.4, 0.5) is 11.5 Å². The highest BCUT2D eigenvalue weighted by Gasteiger charge is 2.06. The molecule has 7 heteroatoms. The number of nitrogens with zero attached hydrogens (tertiary/aromatic N) is 1. The van der Waals surface area contributed by atoms with Gasteiger partial charge in [-0.3, -0.25) is 4.79 Å². The predicted octanol–water partition coefficient (Wildman–Crippen LogP) is 4.37. The van der Waals surface area contributed by atoms with Gasteiger partial charge < -0.3 is 24.8 Å². The maximum atomic E-state index is 12.2. The third-order valence-corrected chi connectivity index (χ3v) is 4.54. The molecule has 0 bridgehead atoms. The lowest BCUT2D eigenvalue weighted by atomic mass is 10.2. The molecule has 0 unspecified atom stereocenters. The Morgan fingerprint density at radius 1 is 0.968 bits per heavy atom. The Balaban J connectivity index is 1.56. The van der Waals surface area contributed by atoms with Gasteiger partial charge in [-0.15, -0.1) is 0 Å². The van der Waals surface area contributed by atoms with Crippen molar-refractivity contribution in [1.82, 2.24) is 4.98 Å². The maximum Gasteiger partial charge on any atom is 0.248 e. The first-order valence-electron chi connectivity index (χ1n) is 9.66. The molecular formula is C24H25N3O4. The second-order valence-electron chi connectivity index (χ2n) is 6.53. The van der Waals surface area contributed by atoms with Crippen molar-refractivity contribution in [1.29, 1.82) is 0 Å². The number of hydrogen-bond donors (Lipinski definition) is 2. The van der Waals surface area contributed by atoms with Crippen LogP contribution in [0, 0.1) is 0 Å². The van der Waals surface area contributed by atoms with Gasteiger partial charge in [-0.05, 0) is 36.4 Å². The highest BCUT2D eigenvalue weighted by molar-refractivity contribution is 6.02. The number of para-hydroxylation sites is 1. The van der Waals surface area contributed by atoms with E-state index in [9.17, 15) is 4.79 Å².